The summed E-state index contributed by atoms with van der Waals surface area (Å²) >= 11 is 0. The molecule has 1 aliphatic rings. The van der Waals surface area contributed by atoms with Gasteiger partial charge in [-0.3, -0.25) is 4.48 Å². The van der Waals surface area contributed by atoms with Crippen molar-refractivity contribution in [2.75, 3.05) is 19.6 Å². The summed E-state index contributed by atoms with van der Waals surface area (Å²) in [6.45, 7) is 8.75. The molecule has 0 fully saturated rings. The van der Waals surface area contributed by atoms with E-state index in [0.717, 1.165) is 25.2 Å². The zero-order valence-electron chi connectivity index (χ0n) is 11.4. The normalized spacial score (nSPS) is 16.5. The molecule has 0 bridgehead atoms. The van der Waals surface area contributed by atoms with Crippen LogP contribution < -0.4 is 12.4 Å². The Morgan fingerprint density at radius 2 is 1.58 bits per heavy atom. The number of rotatable bonds is 3. The molecular formula is C13H19ClN2O2S. The maximum absolute atomic E-state index is 12.1. The van der Waals surface area contributed by atoms with Gasteiger partial charge in [0.25, 0.3) is 10.0 Å². The number of quaternary nitrogens is 1. The molecular weight excluding hydrogens is 284 g/mol. The molecule has 1 aromatic carbocycles. The first-order chi connectivity index (χ1) is 8.50. The standard InChI is InChI=1S/C13H19N2O2S.ClH/c1-4-15(5-2,6-3)13-11-9-7-8-10-12(11)18(16,17)14-13;/h7-10H,4-6H2,1-3H3;1H/q+1;/p-1. The molecule has 6 heteroatoms. The lowest BCUT2D eigenvalue weighted by atomic mass is 10.1. The minimum Gasteiger partial charge on any atom is -1.00 e. The van der Waals surface area contributed by atoms with Crippen molar-refractivity contribution >= 4 is 15.9 Å². The summed E-state index contributed by atoms with van der Waals surface area (Å²) < 4.78 is 28.8. The Balaban J connectivity index is 0.00000180. The molecule has 0 amide bonds. The molecule has 4 nitrogen and oxygen atoms in total. The second kappa shape index (κ2) is 5.61. The highest BCUT2D eigenvalue weighted by Gasteiger charge is 2.40. The van der Waals surface area contributed by atoms with E-state index >= 15 is 0 Å². The van der Waals surface area contributed by atoms with Crippen LogP contribution in [-0.2, 0) is 10.0 Å². The minimum atomic E-state index is -3.50. The Morgan fingerprint density at radius 3 is 2.11 bits per heavy atom. The number of fused-ring (bicyclic) bond motifs is 1. The average molecular weight is 303 g/mol. The summed E-state index contributed by atoms with van der Waals surface area (Å²) in [5.41, 5.74) is 0.767. The zero-order valence-corrected chi connectivity index (χ0v) is 13.0. The van der Waals surface area contributed by atoms with Crippen molar-refractivity contribution in [2.45, 2.75) is 25.7 Å². The Labute approximate surface area is 121 Å². The predicted molar refractivity (Wildman–Crippen MR) is 72.0 cm³/mol. The Kier molecular flexibility index (Phi) is 4.76. The molecule has 0 saturated heterocycles. The molecule has 0 aliphatic carbocycles. The molecule has 1 aromatic rings. The van der Waals surface area contributed by atoms with Crippen molar-refractivity contribution < 1.29 is 25.3 Å². The summed E-state index contributed by atoms with van der Waals surface area (Å²) in [7, 11) is -3.50. The van der Waals surface area contributed by atoms with Crippen LogP contribution in [-0.4, -0.2) is 38.4 Å². The third kappa shape index (κ3) is 2.42. The van der Waals surface area contributed by atoms with Crippen LogP contribution >= 0.6 is 0 Å². The summed E-state index contributed by atoms with van der Waals surface area (Å²) in [4.78, 5) is 0.345. The van der Waals surface area contributed by atoms with Gasteiger partial charge in [0.2, 0.25) is 5.84 Å². The molecule has 0 saturated carbocycles. The average Bonchev–Trinajstić information content (AvgIpc) is 2.66. The summed E-state index contributed by atoms with van der Waals surface area (Å²) in [6.07, 6.45) is 0. The number of sulfonamides is 1. The SMILES string of the molecule is CC[N+](CC)(CC)C1=NS(=O)(=O)c2ccccc21.[Cl-]. The summed E-state index contributed by atoms with van der Waals surface area (Å²) in [6, 6.07) is 7.10. The van der Waals surface area contributed by atoms with Crippen LogP contribution in [0.15, 0.2) is 33.6 Å². The third-order valence-corrected chi connectivity index (χ3v) is 5.20. The molecule has 19 heavy (non-hydrogen) atoms. The lowest BCUT2D eigenvalue weighted by Gasteiger charge is -2.34. The zero-order chi connectivity index (χ0) is 13.4. The molecule has 0 aromatic heterocycles. The van der Waals surface area contributed by atoms with Crippen LogP contribution in [0, 0.1) is 0 Å². The van der Waals surface area contributed by atoms with E-state index in [0.29, 0.717) is 15.2 Å². The van der Waals surface area contributed by atoms with E-state index in [9.17, 15) is 8.42 Å². The molecule has 0 radical (unpaired) electrons. The van der Waals surface area contributed by atoms with Crippen molar-refractivity contribution in [1.82, 2.24) is 0 Å². The smallest absolute Gasteiger partial charge is 0.288 e. The molecule has 106 valence electrons. The third-order valence-electron chi connectivity index (χ3n) is 3.88. The number of halogens is 1. The van der Waals surface area contributed by atoms with Crippen molar-refractivity contribution in [2.24, 2.45) is 4.40 Å². The van der Waals surface area contributed by atoms with Crippen LogP contribution in [0.5, 0.6) is 0 Å². The second-order valence-corrected chi connectivity index (χ2v) is 6.05. The maximum Gasteiger partial charge on any atom is 0.288 e. The fourth-order valence-corrected chi connectivity index (χ4v) is 3.84. The quantitative estimate of drug-likeness (QED) is 0.674. The van der Waals surface area contributed by atoms with Crippen molar-refractivity contribution in [3.8, 4) is 0 Å². The summed E-state index contributed by atoms with van der Waals surface area (Å²) in [5, 5.41) is 0. The van der Waals surface area contributed by atoms with Gasteiger partial charge in [0.05, 0.1) is 25.2 Å². The van der Waals surface area contributed by atoms with Crippen LogP contribution in [0.25, 0.3) is 0 Å². The number of benzene rings is 1. The molecule has 0 atom stereocenters. The van der Waals surface area contributed by atoms with Crippen LogP contribution in [0.2, 0.25) is 0 Å². The van der Waals surface area contributed by atoms with E-state index in [2.05, 4.69) is 25.2 Å². The molecule has 0 N–H and O–H groups in total. The van der Waals surface area contributed by atoms with Gasteiger partial charge in [-0.25, -0.2) is 0 Å². The Hall–Kier alpha value is -0.910. The van der Waals surface area contributed by atoms with Gasteiger partial charge in [0.1, 0.15) is 4.90 Å². The first-order valence-electron chi connectivity index (χ1n) is 6.31. The molecule has 1 heterocycles. The Bertz CT molecular complexity index is 584. The number of hydrogen-bond acceptors (Lipinski definition) is 2. The van der Waals surface area contributed by atoms with Crippen LogP contribution in [0.1, 0.15) is 26.3 Å². The van der Waals surface area contributed by atoms with Gasteiger partial charge in [-0.15, -0.1) is 4.40 Å². The fourth-order valence-electron chi connectivity index (χ4n) is 2.55. The van der Waals surface area contributed by atoms with E-state index in [4.69, 9.17) is 0 Å². The first kappa shape index (κ1) is 16.1. The molecule has 1 aliphatic heterocycles. The van der Waals surface area contributed by atoms with Gasteiger partial charge in [0, 0.05) is 0 Å². The topological polar surface area (TPSA) is 46.5 Å². The largest absolute Gasteiger partial charge is 1.00 e. The van der Waals surface area contributed by atoms with Gasteiger partial charge < -0.3 is 12.4 Å². The van der Waals surface area contributed by atoms with E-state index in [1.54, 1.807) is 12.1 Å². The monoisotopic (exact) mass is 302 g/mol. The van der Waals surface area contributed by atoms with Gasteiger partial charge in [-0.05, 0) is 32.9 Å². The minimum absolute atomic E-state index is 0. The van der Waals surface area contributed by atoms with Crippen LogP contribution in [0.3, 0.4) is 0 Å². The lowest BCUT2D eigenvalue weighted by Crippen LogP contribution is -3.00. The van der Waals surface area contributed by atoms with Gasteiger partial charge >= 0.3 is 0 Å². The van der Waals surface area contributed by atoms with Gasteiger partial charge in [0.15, 0.2) is 0 Å². The van der Waals surface area contributed by atoms with E-state index in [1.807, 2.05) is 12.1 Å². The second-order valence-electron chi connectivity index (χ2n) is 4.48. The van der Waals surface area contributed by atoms with Crippen molar-refractivity contribution in [3.05, 3.63) is 29.8 Å². The fraction of sp³-hybridized carbons (Fsp3) is 0.462. The predicted octanol–water partition coefficient (Wildman–Crippen LogP) is -0.984. The molecule has 0 unspecified atom stereocenters. The molecule has 0 spiro atoms. The summed E-state index contributed by atoms with van der Waals surface area (Å²) in [5.74, 6) is 0.693. The van der Waals surface area contributed by atoms with Crippen LogP contribution in [0.4, 0.5) is 0 Å². The van der Waals surface area contributed by atoms with E-state index in [1.165, 1.54) is 0 Å². The number of nitrogens with zero attached hydrogens (tertiary/aromatic N) is 2. The number of amidine groups is 1. The van der Waals surface area contributed by atoms with Crippen molar-refractivity contribution in [1.29, 1.82) is 0 Å². The maximum atomic E-state index is 12.1. The molecule has 2 rings (SSSR count). The van der Waals surface area contributed by atoms with Crippen molar-refractivity contribution in [3.63, 3.8) is 0 Å². The highest BCUT2D eigenvalue weighted by Crippen LogP contribution is 2.30. The van der Waals surface area contributed by atoms with E-state index in [-0.39, 0.29) is 12.4 Å². The first-order valence-corrected chi connectivity index (χ1v) is 7.75. The van der Waals surface area contributed by atoms with Gasteiger partial charge in [-0.2, -0.15) is 8.42 Å². The highest BCUT2D eigenvalue weighted by atomic mass is 35.5. The Morgan fingerprint density at radius 1 is 1.05 bits per heavy atom. The highest BCUT2D eigenvalue weighted by molar-refractivity contribution is 7.90. The van der Waals surface area contributed by atoms with Gasteiger partial charge in [-0.1, -0.05) is 12.1 Å². The van der Waals surface area contributed by atoms with E-state index < -0.39 is 10.0 Å². The number of hydrogen-bond donors (Lipinski definition) is 0. The lowest BCUT2D eigenvalue weighted by molar-refractivity contribution is -0.835.